The van der Waals surface area contributed by atoms with Crippen molar-refractivity contribution >= 4 is 29.0 Å². The third kappa shape index (κ3) is 5.19. The number of hydrogen-bond donors (Lipinski definition) is 1. The molecule has 0 atom stereocenters. The van der Waals surface area contributed by atoms with Crippen LogP contribution in [0.1, 0.15) is 26.3 Å². The van der Waals surface area contributed by atoms with Gasteiger partial charge in [-0.2, -0.15) is 0 Å². The van der Waals surface area contributed by atoms with Crippen LogP contribution in [0.2, 0.25) is 5.02 Å². The van der Waals surface area contributed by atoms with E-state index in [1.54, 1.807) is 60.7 Å². The van der Waals surface area contributed by atoms with Gasteiger partial charge in [0.2, 0.25) is 0 Å². The molecule has 0 unspecified atom stereocenters. The lowest BCUT2D eigenvalue weighted by Crippen LogP contribution is -2.12. The summed E-state index contributed by atoms with van der Waals surface area (Å²) in [6, 6.07) is 20.9. The van der Waals surface area contributed by atoms with Crippen LogP contribution in [-0.4, -0.2) is 18.3 Å². The second-order valence-corrected chi connectivity index (χ2v) is 6.50. The van der Waals surface area contributed by atoms with Crippen LogP contribution >= 0.6 is 11.6 Å². The van der Waals surface area contributed by atoms with E-state index in [0.717, 1.165) is 5.56 Å². The summed E-state index contributed by atoms with van der Waals surface area (Å²) in [4.78, 5) is 24.3. The quantitative estimate of drug-likeness (QED) is 0.601. The number of carbonyl (C=O) groups is 2. The zero-order valence-electron chi connectivity index (χ0n) is 14.7. The fourth-order valence-corrected chi connectivity index (χ4v) is 2.54. The lowest BCUT2D eigenvalue weighted by molar-refractivity contribution is 0.0921. The summed E-state index contributed by atoms with van der Waals surface area (Å²) in [6.45, 7) is 1.90. The van der Waals surface area contributed by atoms with Crippen LogP contribution < -0.4 is 10.1 Å². The zero-order chi connectivity index (χ0) is 19.2. The first kappa shape index (κ1) is 18.7. The lowest BCUT2D eigenvalue weighted by Gasteiger charge is -2.08. The first-order valence-electron chi connectivity index (χ1n) is 8.41. The van der Waals surface area contributed by atoms with Gasteiger partial charge in [-0.1, -0.05) is 29.3 Å². The Morgan fingerprint density at radius 2 is 1.44 bits per heavy atom. The maximum atomic E-state index is 12.2. The molecule has 0 fully saturated rings. The predicted molar refractivity (Wildman–Crippen MR) is 107 cm³/mol. The monoisotopic (exact) mass is 379 g/mol. The smallest absolute Gasteiger partial charge is 0.255 e. The predicted octanol–water partition coefficient (Wildman–Crippen LogP) is 5.16. The molecule has 5 heteroatoms. The summed E-state index contributed by atoms with van der Waals surface area (Å²) in [5.74, 6) is 0.232. The van der Waals surface area contributed by atoms with Gasteiger partial charge in [-0.15, -0.1) is 0 Å². The maximum absolute atomic E-state index is 12.2. The summed E-state index contributed by atoms with van der Waals surface area (Å²) in [5, 5.41) is 3.41. The fraction of sp³-hybridized carbons (Fsp3) is 0.0909. The molecule has 0 heterocycles. The van der Waals surface area contributed by atoms with Crippen LogP contribution in [0.4, 0.5) is 5.69 Å². The number of Topliss-reactive ketones (excluding diaryl/α,β-unsaturated/α-hetero) is 1. The Labute approximate surface area is 162 Å². The van der Waals surface area contributed by atoms with Gasteiger partial charge in [-0.25, -0.2) is 0 Å². The molecule has 3 rings (SSSR count). The zero-order valence-corrected chi connectivity index (χ0v) is 15.5. The maximum Gasteiger partial charge on any atom is 0.255 e. The molecule has 0 aliphatic carbocycles. The molecule has 4 nitrogen and oxygen atoms in total. The number of ether oxygens (including phenoxy) is 1. The van der Waals surface area contributed by atoms with Crippen LogP contribution in [-0.2, 0) is 0 Å². The third-order valence-corrected chi connectivity index (χ3v) is 4.21. The van der Waals surface area contributed by atoms with Gasteiger partial charge in [0.15, 0.2) is 12.4 Å². The van der Waals surface area contributed by atoms with Crippen LogP contribution in [0, 0.1) is 6.92 Å². The number of hydrogen-bond acceptors (Lipinski definition) is 3. The van der Waals surface area contributed by atoms with Gasteiger partial charge in [0.1, 0.15) is 5.75 Å². The number of carbonyl (C=O) groups excluding carboxylic acids is 2. The minimum atomic E-state index is -0.179. The number of nitrogens with one attached hydrogen (secondary N) is 1. The highest BCUT2D eigenvalue weighted by Gasteiger charge is 2.08. The number of halogens is 1. The third-order valence-electron chi connectivity index (χ3n) is 3.96. The topological polar surface area (TPSA) is 55.4 Å². The van der Waals surface area contributed by atoms with Crippen molar-refractivity contribution < 1.29 is 14.3 Å². The van der Waals surface area contributed by atoms with Crippen molar-refractivity contribution in [2.24, 2.45) is 0 Å². The highest BCUT2D eigenvalue weighted by molar-refractivity contribution is 6.30. The summed E-state index contributed by atoms with van der Waals surface area (Å²) >= 11 is 5.81. The molecule has 0 aliphatic heterocycles. The van der Waals surface area contributed by atoms with E-state index >= 15 is 0 Å². The number of aryl methyl sites for hydroxylation is 1. The van der Waals surface area contributed by atoms with E-state index in [2.05, 4.69) is 5.32 Å². The lowest BCUT2D eigenvalue weighted by atomic mass is 10.1. The molecule has 0 radical (unpaired) electrons. The van der Waals surface area contributed by atoms with E-state index in [1.165, 1.54) is 0 Å². The van der Waals surface area contributed by atoms with Gasteiger partial charge in [-0.3, -0.25) is 9.59 Å². The molecule has 3 aromatic rings. The van der Waals surface area contributed by atoms with Crippen LogP contribution in [0.3, 0.4) is 0 Å². The number of amides is 1. The molecule has 0 aliphatic rings. The van der Waals surface area contributed by atoms with Crippen LogP contribution in [0.15, 0.2) is 72.8 Å². The average Bonchev–Trinajstić information content (AvgIpc) is 2.68. The molecular formula is C22H18ClNO3. The van der Waals surface area contributed by atoms with Gasteiger partial charge < -0.3 is 10.1 Å². The molecule has 1 amide bonds. The fourth-order valence-electron chi connectivity index (χ4n) is 2.41. The van der Waals surface area contributed by atoms with Crippen molar-refractivity contribution in [1.29, 1.82) is 0 Å². The van der Waals surface area contributed by atoms with E-state index < -0.39 is 0 Å². The number of anilines is 1. The summed E-state index contributed by atoms with van der Waals surface area (Å²) in [6.07, 6.45) is 0. The summed E-state index contributed by atoms with van der Waals surface area (Å²) in [7, 11) is 0. The Morgan fingerprint density at radius 1 is 0.852 bits per heavy atom. The standard InChI is InChI=1S/C22H18ClNO3/c1-15-2-4-17(5-3-15)22(26)24-19-10-12-20(13-11-19)27-14-21(25)16-6-8-18(23)9-7-16/h2-13H,14H2,1H3,(H,24,26). The Hall–Kier alpha value is -3.11. The van der Waals surface area contributed by atoms with E-state index in [1.807, 2.05) is 19.1 Å². The molecule has 0 spiro atoms. The number of benzene rings is 3. The second-order valence-electron chi connectivity index (χ2n) is 6.06. The molecule has 0 bridgehead atoms. The molecule has 0 saturated carbocycles. The molecule has 0 aromatic heterocycles. The number of ketones is 1. The van der Waals surface area contributed by atoms with E-state index in [0.29, 0.717) is 27.6 Å². The molecular weight excluding hydrogens is 362 g/mol. The van der Waals surface area contributed by atoms with Crippen molar-refractivity contribution in [3.05, 3.63) is 94.5 Å². The van der Waals surface area contributed by atoms with Gasteiger partial charge in [0.25, 0.3) is 5.91 Å². The van der Waals surface area contributed by atoms with Crippen molar-refractivity contribution in [3.8, 4) is 5.75 Å². The minimum absolute atomic E-state index is 0.0727. The second kappa shape index (κ2) is 8.52. The Balaban J connectivity index is 1.55. The Kier molecular flexibility index (Phi) is 5.89. The minimum Gasteiger partial charge on any atom is -0.485 e. The summed E-state index contributed by atoms with van der Waals surface area (Å²) in [5.41, 5.74) is 2.88. The molecule has 27 heavy (non-hydrogen) atoms. The van der Waals surface area contributed by atoms with E-state index in [9.17, 15) is 9.59 Å². The van der Waals surface area contributed by atoms with Crippen LogP contribution in [0.25, 0.3) is 0 Å². The summed E-state index contributed by atoms with van der Waals surface area (Å²) < 4.78 is 5.51. The Bertz CT molecular complexity index is 933. The van der Waals surface area contributed by atoms with Crippen molar-refractivity contribution in [2.75, 3.05) is 11.9 Å². The largest absolute Gasteiger partial charge is 0.485 e. The highest BCUT2D eigenvalue weighted by Crippen LogP contribution is 2.17. The molecule has 136 valence electrons. The van der Waals surface area contributed by atoms with Crippen molar-refractivity contribution in [1.82, 2.24) is 0 Å². The van der Waals surface area contributed by atoms with Crippen molar-refractivity contribution in [3.63, 3.8) is 0 Å². The first-order valence-corrected chi connectivity index (χ1v) is 8.79. The molecule has 3 aromatic carbocycles. The van der Waals surface area contributed by atoms with Gasteiger partial charge in [0.05, 0.1) is 0 Å². The molecule has 0 saturated heterocycles. The van der Waals surface area contributed by atoms with Gasteiger partial charge >= 0.3 is 0 Å². The van der Waals surface area contributed by atoms with Gasteiger partial charge in [-0.05, 0) is 67.6 Å². The Morgan fingerprint density at radius 3 is 2.07 bits per heavy atom. The van der Waals surface area contributed by atoms with E-state index in [4.69, 9.17) is 16.3 Å². The first-order chi connectivity index (χ1) is 13.0. The van der Waals surface area contributed by atoms with E-state index in [-0.39, 0.29) is 18.3 Å². The number of rotatable bonds is 6. The highest BCUT2D eigenvalue weighted by atomic mass is 35.5. The normalized spacial score (nSPS) is 10.3. The van der Waals surface area contributed by atoms with Crippen molar-refractivity contribution in [2.45, 2.75) is 6.92 Å². The molecule has 1 N–H and O–H groups in total. The SMILES string of the molecule is Cc1ccc(C(=O)Nc2ccc(OCC(=O)c3ccc(Cl)cc3)cc2)cc1. The van der Waals surface area contributed by atoms with Gasteiger partial charge in [0, 0.05) is 21.8 Å². The van der Waals surface area contributed by atoms with Crippen LogP contribution in [0.5, 0.6) is 5.75 Å². The average molecular weight is 380 g/mol.